The number of aliphatic hydroxyl groups is 1. The highest BCUT2D eigenvalue weighted by Crippen LogP contribution is 2.68. The highest BCUT2D eigenvalue weighted by molar-refractivity contribution is 9.09. The largest absolute Gasteiger partial charge is 0.465 e. The molecule has 3 unspecified atom stereocenters. The zero-order chi connectivity index (χ0) is 28.5. The van der Waals surface area contributed by atoms with E-state index in [-0.39, 0.29) is 53.0 Å². The van der Waals surface area contributed by atoms with E-state index in [1.165, 1.54) is 0 Å². The number of aliphatic hydroxyl groups excluding tert-OH is 1. The molecule has 0 aliphatic carbocycles. The van der Waals surface area contributed by atoms with Crippen LogP contribution in [0.4, 0.5) is 0 Å². The van der Waals surface area contributed by atoms with Gasteiger partial charge in [0.15, 0.2) is 0 Å². The Labute approximate surface area is 240 Å². The smallest absolute Gasteiger partial charge is 0.310 e. The van der Waals surface area contributed by atoms with Gasteiger partial charge in [0, 0.05) is 35.3 Å². The van der Waals surface area contributed by atoms with E-state index in [1.807, 2.05) is 4.90 Å². The summed E-state index contributed by atoms with van der Waals surface area (Å²) in [6, 6.07) is -0.723. The molecule has 0 aromatic carbocycles. The van der Waals surface area contributed by atoms with Crippen LogP contribution in [-0.4, -0.2) is 85.4 Å². The molecule has 3 saturated heterocycles. The van der Waals surface area contributed by atoms with Gasteiger partial charge in [-0.1, -0.05) is 48.9 Å². The molecule has 214 valence electrons. The summed E-state index contributed by atoms with van der Waals surface area (Å²) in [7, 11) is 0. The van der Waals surface area contributed by atoms with Gasteiger partial charge in [-0.25, -0.2) is 0 Å². The fourth-order valence-electron chi connectivity index (χ4n) is 6.96. The molecule has 3 aliphatic rings. The average Bonchev–Trinajstić information content (AvgIpc) is 3.40. The van der Waals surface area contributed by atoms with Crippen LogP contribution in [0.3, 0.4) is 0 Å². The Hall–Kier alpha value is -1.32. The molecule has 3 fully saturated rings. The third-order valence-electron chi connectivity index (χ3n) is 7.92. The van der Waals surface area contributed by atoms with Crippen molar-refractivity contribution >= 4 is 45.5 Å². The molecule has 0 aromatic heterocycles. The van der Waals surface area contributed by atoms with E-state index in [4.69, 9.17) is 4.74 Å². The van der Waals surface area contributed by atoms with Crippen molar-refractivity contribution in [3.8, 4) is 0 Å². The SMILES string of the molecule is C=CCCCOC(=O)[C@H]1[C@@H]2SC3(CC2Br)C(C(=O)N(CC=C)C(C)(C)CC(C)(C)C)N(CCCO)C(=O)[C@H]13. The molecule has 0 saturated carbocycles. The Balaban J connectivity index is 2.02. The molecule has 2 bridgehead atoms. The van der Waals surface area contributed by atoms with Crippen molar-refractivity contribution < 1.29 is 24.2 Å². The van der Waals surface area contributed by atoms with Gasteiger partial charge in [-0.3, -0.25) is 14.4 Å². The first-order chi connectivity index (χ1) is 17.8. The topological polar surface area (TPSA) is 87.2 Å². The maximum Gasteiger partial charge on any atom is 0.310 e. The molecule has 6 atom stereocenters. The number of carbonyl (C=O) groups is 3. The third kappa shape index (κ3) is 5.90. The molecule has 0 aromatic rings. The Bertz CT molecular complexity index is 934. The molecule has 9 heteroatoms. The van der Waals surface area contributed by atoms with E-state index in [0.717, 1.165) is 12.8 Å². The Morgan fingerprint density at radius 2 is 1.92 bits per heavy atom. The summed E-state index contributed by atoms with van der Waals surface area (Å²) in [5, 5.41) is 9.47. The lowest BCUT2D eigenvalue weighted by Crippen LogP contribution is -2.60. The van der Waals surface area contributed by atoms with Crippen molar-refractivity contribution in [1.82, 2.24) is 9.80 Å². The number of esters is 1. The van der Waals surface area contributed by atoms with Gasteiger partial charge in [-0.05, 0) is 51.4 Å². The fraction of sp³-hybridized carbons (Fsp3) is 0.759. The number of fused-ring (bicyclic) bond motifs is 1. The maximum atomic E-state index is 14.6. The molecule has 1 N–H and O–H groups in total. The maximum absolute atomic E-state index is 14.6. The monoisotopic (exact) mass is 612 g/mol. The number of ether oxygens (including phenoxy) is 1. The quantitative estimate of drug-likeness (QED) is 0.142. The molecule has 7 nitrogen and oxygen atoms in total. The average molecular weight is 614 g/mol. The van der Waals surface area contributed by atoms with Crippen molar-refractivity contribution in [3.05, 3.63) is 25.3 Å². The van der Waals surface area contributed by atoms with Crippen LogP contribution >= 0.6 is 27.7 Å². The number of alkyl halides is 1. The number of halogens is 1. The van der Waals surface area contributed by atoms with Crippen molar-refractivity contribution in [2.45, 2.75) is 93.1 Å². The lowest BCUT2D eigenvalue weighted by Gasteiger charge is -2.46. The summed E-state index contributed by atoms with van der Waals surface area (Å²) in [6.45, 7) is 19.1. The van der Waals surface area contributed by atoms with Crippen LogP contribution in [0.15, 0.2) is 25.3 Å². The summed E-state index contributed by atoms with van der Waals surface area (Å²) in [6.07, 6.45) is 6.71. The molecule has 3 aliphatic heterocycles. The van der Waals surface area contributed by atoms with Gasteiger partial charge in [0.2, 0.25) is 11.8 Å². The minimum Gasteiger partial charge on any atom is -0.465 e. The van der Waals surface area contributed by atoms with E-state index in [0.29, 0.717) is 25.8 Å². The molecular formula is C29H45BrN2O5S. The molecule has 3 rings (SSSR count). The van der Waals surface area contributed by atoms with Crippen LogP contribution in [0.5, 0.6) is 0 Å². The summed E-state index contributed by atoms with van der Waals surface area (Å²) < 4.78 is 4.92. The van der Waals surface area contributed by atoms with E-state index in [1.54, 1.807) is 28.8 Å². The van der Waals surface area contributed by atoms with Crippen LogP contribution in [0.2, 0.25) is 0 Å². The van der Waals surface area contributed by atoms with Gasteiger partial charge >= 0.3 is 5.97 Å². The van der Waals surface area contributed by atoms with E-state index < -0.39 is 28.2 Å². The highest BCUT2D eigenvalue weighted by atomic mass is 79.9. The minimum absolute atomic E-state index is 0.00851. The predicted octanol–water partition coefficient (Wildman–Crippen LogP) is 4.57. The predicted molar refractivity (Wildman–Crippen MR) is 156 cm³/mol. The van der Waals surface area contributed by atoms with Crippen LogP contribution in [0.25, 0.3) is 0 Å². The number of hydrogen-bond acceptors (Lipinski definition) is 6. The number of nitrogens with zero attached hydrogens (tertiary/aromatic N) is 2. The second-order valence-electron chi connectivity index (χ2n) is 12.7. The second kappa shape index (κ2) is 12.0. The molecule has 38 heavy (non-hydrogen) atoms. The fourth-order valence-corrected chi connectivity index (χ4v) is 10.6. The number of unbranched alkanes of at least 4 members (excludes halogenated alkanes) is 1. The van der Waals surface area contributed by atoms with Gasteiger partial charge in [-0.15, -0.1) is 24.9 Å². The first kappa shape index (κ1) is 31.2. The van der Waals surface area contributed by atoms with E-state index in [9.17, 15) is 19.5 Å². The van der Waals surface area contributed by atoms with E-state index >= 15 is 0 Å². The zero-order valence-corrected chi connectivity index (χ0v) is 26.0. The molecular weight excluding hydrogens is 568 g/mol. The van der Waals surface area contributed by atoms with Gasteiger partial charge in [-0.2, -0.15) is 0 Å². The number of hydrogen-bond donors (Lipinski definition) is 1. The number of carbonyl (C=O) groups excluding carboxylic acids is 3. The normalized spacial score (nSPS) is 30.3. The lowest BCUT2D eigenvalue weighted by atomic mass is 9.70. The van der Waals surface area contributed by atoms with E-state index in [2.05, 4.69) is 63.7 Å². The number of amides is 2. The number of allylic oxidation sites excluding steroid dienone is 1. The van der Waals surface area contributed by atoms with Crippen molar-refractivity contribution in [2.24, 2.45) is 17.3 Å². The first-order valence-corrected chi connectivity index (χ1v) is 15.5. The molecule has 1 spiro atoms. The Morgan fingerprint density at radius 1 is 1.24 bits per heavy atom. The van der Waals surface area contributed by atoms with Gasteiger partial charge in [0.1, 0.15) is 6.04 Å². The Kier molecular flexibility index (Phi) is 9.90. The highest BCUT2D eigenvalue weighted by Gasteiger charge is 2.76. The van der Waals surface area contributed by atoms with Gasteiger partial charge in [0.25, 0.3) is 0 Å². The standard InChI is InChI=1S/C29H45BrN2O5S/c1-8-10-11-16-37-26(36)20-21-24(34)31(14-12-15-33)23(29(21)17-19(30)22(20)38-29)25(35)32(13-9-2)28(6,7)18-27(3,4)5/h8-9,19-23,33H,1-2,10-18H2,3-7H3/t19?,20-,21+,22-,23?,29?/m1/s1. The van der Waals surface area contributed by atoms with Gasteiger partial charge in [0.05, 0.1) is 23.2 Å². The zero-order valence-electron chi connectivity index (χ0n) is 23.6. The summed E-state index contributed by atoms with van der Waals surface area (Å²) in [5.74, 6) is -1.88. The number of rotatable bonds is 13. The summed E-state index contributed by atoms with van der Waals surface area (Å²) in [4.78, 5) is 45.5. The molecule has 0 radical (unpaired) electrons. The lowest BCUT2D eigenvalue weighted by molar-refractivity contribution is -0.154. The van der Waals surface area contributed by atoms with Crippen molar-refractivity contribution in [2.75, 3.05) is 26.3 Å². The van der Waals surface area contributed by atoms with Gasteiger partial charge < -0.3 is 19.6 Å². The minimum atomic E-state index is -0.732. The molecule has 2 amide bonds. The van der Waals surface area contributed by atoms with Crippen molar-refractivity contribution in [1.29, 1.82) is 0 Å². The second-order valence-corrected chi connectivity index (χ2v) is 15.4. The van der Waals surface area contributed by atoms with Crippen LogP contribution in [0, 0.1) is 17.3 Å². The van der Waals surface area contributed by atoms with Crippen LogP contribution in [-0.2, 0) is 19.1 Å². The van der Waals surface area contributed by atoms with Crippen LogP contribution < -0.4 is 0 Å². The van der Waals surface area contributed by atoms with Crippen molar-refractivity contribution in [3.63, 3.8) is 0 Å². The first-order valence-electron chi connectivity index (χ1n) is 13.7. The number of thioether (sulfide) groups is 1. The Morgan fingerprint density at radius 3 is 2.50 bits per heavy atom. The summed E-state index contributed by atoms with van der Waals surface area (Å²) in [5.41, 5.74) is -0.503. The summed E-state index contributed by atoms with van der Waals surface area (Å²) >= 11 is 5.40. The molecule has 3 heterocycles. The number of likely N-dealkylation sites (tertiary alicyclic amines) is 1. The van der Waals surface area contributed by atoms with Crippen LogP contribution in [0.1, 0.15) is 66.7 Å². The third-order valence-corrected chi connectivity index (χ3v) is 11.1.